The first-order valence-corrected chi connectivity index (χ1v) is 7.56. The quantitative estimate of drug-likeness (QED) is 0.647. The third kappa shape index (κ3) is 3.14. The molecule has 0 aliphatic carbocycles. The minimum Gasteiger partial charge on any atom is -0.293 e. The Bertz CT molecular complexity index is 789. The molecule has 1 aromatic heterocycles. The van der Waals surface area contributed by atoms with E-state index in [4.69, 9.17) is 0 Å². The van der Waals surface area contributed by atoms with Crippen LogP contribution in [0.3, 0.4) is 0 Å². The molecule has 3 rings (SSSR count). The number of aromatic nitrogens is 1. The Hall–Kier alpha value is -2.94. The highest BCUT2D eigenvalue weighted by Crippen LogP contribution is 2.29. The molecular formula is C20H18N2O. The summed E-state index contributed by atoms with van der Waals surface area (Å²) in [6, 6.07) is 24.2. The first-order valence-electron chi connectivity index (χ1n) is 7.56. The van der Waals surface area contributed by atoms with Crippen LogP contribution in [0.2, 0.25) is 0 Å². The summed E-state index contributed by atoms with van der Waals surface area (Å²) in [5, 5.41) is 4.55. The summed E-state index contributed by atoms with van der Waals surface area (Å²) in [6.07, 6.45) is 0. The van der Waals surface area contributed by atoms with Gasteiger partial charge in [0.15, 0.2) is 5.78 Å². The van der Waals surface area contributed by atoms with Gasteiger partial charge in [0, 0.05) is 18.1 Å². The van der Waals surface area contributed by atoms with Crippen LogP contribution in [-0.2, 0) is 4.79 Å². The van der Waals surface area contributed by atoms with Gasteiger partial charge in [-0.05, 0) is 19.1 Å². The maximum atomic E-state index is 11.6. The molecule has 0 N–H and O–H groups in total. The minimum atomic E-state index is -0.0308. The number of nitrogens with zero attached hydrogens (tertiary/aromatic N) is 2. The Balaban J connectivity index is 2.21. The van der Waals surface area contributed by atoms with E-state index >= 15 is 0 Å². The van der Waals surface area contributed by atoms with E-state index in [0.717, 1.165) is 22.5 Å². The topological polar surface area (TPSA) is 34.4 Å². The molecule has 3 aromatic rings. The molecule has 0 bridgehead atoms. The highest BCUT2D eigenvalue weighted by Gasteiger charge is 2.12. The van der Waals surface area contributed by atoms with Gasteiger partial charge in [-0.3, -0.25) is 4.79 Å². The molecule has 1 heterocycles. The monoisotopic (exact) mass is 302 g/mol. The highest BCUT2D eigenvalue weighted by atomic mass is 16.1. The Morgan fingerprint density at radius 1 is 0.739 bits per heavy atom. The average molecular weight is 302 g/mol. The van der Waals surface area contributed by atoms with Crippen molar-refractivity contribution in [3.05, 3.63) is 72.8 Å². The van der Waals surface area contributed by atoms with E-state index in [2.05, 4.69) is 5.10 Å². The fourth-order valence-corrected chi connectivity index (χ4v) is 2.41. The lowest BCUT2D eigenvalue weighted by atomic mass is 10.2. The van der Waals surface area contributed by atoms with Crippen LogP contribution in [-0.4, -0.2) is 16.2 Å². The van der Waals surface area contributed by atoms with Gasteiger partial charge >= 0.3 is 0 Å². The van der Waals surface area contributed by atoms with Gasteiger partial charge in [-0.25, -0.2) is 4.68 Å². The van der Waals surface area contributed by atoms with Gasteiger partial charge in [-0.1, -0.05) is 60.7 Å². The van der Waals surface area contributed by atoms with E-state index in [9.17, 15) is 4.79 Å². The van der Waals surface area contributed by atoms with E-state index in [1.54, 1.807) is 6.92 Å². The van der Waals surface area contributed by atoms with Gasteiger partial charge in [-0.2, -0.15) is 5.10 Å². The first-order chi connectivity index (χ1) is 11.2. The summed E-state index contributed by atoms with van der Waals surface area (Å²) < 4.78 is 1.85. The summed E-state index contributed by atoms with van der Waals surface area (Å²) in [5.41, 5.74) is 4.54. The first kappa shape index (κ1) is 15.0. The van der Waals surface area contributed by atoms with Crippen LogP contribution in [0.25, 0.3) is 22.5 Å². The van der Waals surface area contributed by atoms with Crippen molar-refractivity contribution in [2.24, 2.45) is 5.10 Å². The fourth-order valence-electron chi connectivity index (χ4n) is 2.41. The van der Waals surface area contributed by atoms with Crippen LogP contribution >= 0.6 is 0 Å². The van der Waals surface area contributed by atoms with Gasteiger partial charge < -0.3 is 0 Å². The summed E-state index contributed by atoms with van der Waals surface area (Å²) >= 11 is 0. The number of hydrogen-bond donors (Lipinski definition) is 0. The third-order valence-electron chi connectivity index (χ3n) is 3.75. The van der Waals surface area contributed by atoms with E-state index in [0.29, 0.717) is 5.71 Å². The number of benzene rings is 2. The molecular weight excluding hydrogens is 284 g/mol. The van der Waals surface area contributed by atoms with E-state index < -0.39 is 0 Å². The predicted octanol–water partition coefficient (Wildman–Crippen LogP) is 4.64. The van der Waals surface area contributed by atoms with Crippen molar-refractivity contribution in [1.29, 1.82) is 0 Å². The maximum Gasteiger partial charge on any atom is 0.175 e. The second kappa shape index (κ2) is 6.44. The number of ketones is 1. The van der Waals surface area contributed by atoms with Crippen molar-refractivity contribution in [3.63, 3.8) is 0 Å². The van der Waals surface area contributed by atoms with Gasteiger partial charge in [0.25, 0.3) is 0 Å². The van der Waals surface area contributed by atoms with Crippen molar-refractivity contribution in [2.75, 3.05) is 0 Å². The molecule has 0 radical (unpaired) electrons. The largest absolute Gasteiger partial charge is 0.293 e. The van der Waals surface area contributed by atoms with Crippen LogP contribution in [0.15, 0.2) is 77.9 Å². The molecule has 0 spiro atoms. The molecule has 3 heteroatoms. The maximum absolute atomic E-state index is 11.6. The Labute approximate surface area is 135 Å². The summed E-state index contributed by atoms with van der Waals surface area (Å²) in [6.45, 7) is 3.28. The smallest absolute Gasteiger partial charge is 0.175 e. The zero-order valence-corrected chi connectivity index (χ0v) is 13.2. The van der Waals surface area contributed by atoms with Crippen LogP contribution < -0.4 is 0 Å². The molecule has 3 nitrogen and oxygen atoms in total. The second-order valence-electron chi connectivity index (χ2n) is 5.39. The summed E-state index contributed by atoms with van der Waals surface area (Å²) in [5.74, 6) is -0.0308. The predicted molar refractivity (Wildman–Crippen MR) is 94.5 cm³/mol. The molecule has 2 aromatic carbocycles. The zero-order chi connectivity index (χ0) is 16.2. The summed E-state index contributed by atoms with van der Waals surface area (Å²) in [7, 11) is 0. The lowest BCUT2D eigenvalue weighted by molar-refractivity contribution is -0.111. The van der Waals surface area contributed by atoms with Crippen molar-refractivity contribution in [3.8, 4) is 22.5 Å². The van der Waals surface area contributed by atoms with Gasteiger partial charge in [0.05, 0.1) is 11.4 Å². The van der Waals surface area contributed by atoms with Crippen molar-refractivity contribution < 1.29 is 4.79 Å². The zero-order valence-electron chi connectivity index (χ0n) is 13.2. The second-order valence-corrected chi connectivity index (χ2v) is 5.39. The molecule has 0 aliphatic heterocycles. The van der Waals surface area contributed by atoms with Gasteiger partial charge in [-0.15, -0.1) is 0 Å². The number of hydrogen-bond acceptors (Lipinski definition) is 2. The molecule has 0 atom stereocenters. The average Bonchev–Trinajstić information content (AvgIpc) is 3.00. The lowest BCUT2D eigenvalue weighted by Gasteiger charge is -2.10. The van der Waals surface area contributed by atoms with Crippen molar-refractivity contribution in [2.45, 2.75) is 13.8 Å². The Morgan fingerprint density at radius 2 is 1.17 bits per heavy atom. The number of Topliss-reactive ketones (excluding diaryl/α,β-unsaturated/α-hetero) is 1. The van der Waals surface area contributed by atoms with Gasteiger partial charge in [0.2, 0.25) is 0 Å². The third-order valence-corrected chi connectivity index (χ3v) is 3.75. The lowest BCUT2D eigenvalue weighted by Crippen LogP contribution is -2.08. The molecule has 0 unspecified atom stereocenters. The van der Waals surface area contributed by atoms with E-state index in [1.807, 2.05) is 77.5 Å². The molecule has 0 fully saturated rings. The fraction of sp³-hybridized carbons (Fsp3) is 0.100. The molecule has 0 saturated heterocycles. The number of rotatable bonds is 4. The standard InChI is InChI=1S/C20H18N2O/c1-15(16(2)23)21-22-19(17-9-5-3-6-10-17)13-14-20(22)18-11-7-4-8-12-18/h3-14H,1-2H3/b21-15-. The molecule has 0 amide bonds. The molecule has 114 valence electrons. The Kier molecular flexibility index (Phi) is 4.20. The SMILES string of the molecule is CC(=O)/C(C)=N\n1c(-c2ccccc2)ccc1-c1ccccc1. The van der Waals surface area contributed by atoms with Crippen LogP contribution in [0.5, 0.6) is 0 Å². The van der Waals surface area contributed by atoms with Crippen molar-refractivity contribution >= 4 is 11.5 Å². The highest BCUT2D eigenvalue weighted by molar-refractivity contribution is 6.38. The van der Waals surface area contributed by atoms with Gasteiger partial charge in [0.1, 0.15) is 5.71 Å². The number of carbonyl (C=O) groups is 1. The minimum absolute atomic E-state index is 0.0308. The molecule has 0 saturated carbocycles. The van der Waals surface area contributed by atoms with E-state index in [-0.39, 0.29) is 5.78 Å². The molecule has 0 aliphatic rings. The number of carbonyl (C=O) groups excluding carboxylic acids is 1. The van der Waals surface area contributed by atoms with Crippen LogP contribution in [0, 0.1) is 0 Å². The van der Waals surface area contributed by atoms with Crippen LogP contribution in [0.4, 0.5) is 0 Å². The van der Waals surface area contributed by atoms with Crippen LogP contribution in [0.1, 0.15) is 13.8 Å². The normalized spacial score (nSPS) is 11.5. The van der Waals surface area contributed by atoms with Crippen molar-refractivity contribution in [1.82, 2.24) is 4.68 Å². The summed E-state index contributed by atoms with van der Waals surface area (Å²) in [4.78, 5) is 11.6. The van der Waals surface area contributed by atoms with E-state index in [1.165, 1.54) is 6.92 Å². The Morgan fingerprint density at radius 3 is 1.57 bits per heavy atom. The molecule has 23 heavy (non-hydrogen) atoms.